The average molecular weight is 467 g/mol. The molecule has 1 aromatic heterocycles. The molecular formula is C29H26N2O4. The van der Waals surface area contributed by atoms with Crippen molar-refractivity contribution in [3.63, 3.8) is 0 Å². The maximum absolute atomic E-state index is 12.1. The van der Waals surface area contributed by atoms with E-state index >= 15 is 0 Å². The lowest BCUT2D eigenvalue weighted by Crippen LogP contribution is -2.39. The van der Waals surface area contributed by atoms with Gasteiger partial charge in [0.05, 0.1) is 6.61 Å². The topological polar surface area (TPSA) is 62.6 Å². The van der Waals surface area contributed by atoms with E-state index in [1.54, 1.807) is 13.1 Å². The van der Waals surface area contributed by atoms with E-state index in [2.05, 4.69) is 41.4 Å². The first-order valence-corrected chi connectivity index (χ1v) is 11.9. The monoisotopic (exact) mass is 466 g/mol. The maximum atomic E-state index is 12.1. The molecule has 2 aliphatic heterocycles. The number of rotatable bonds is 6. The molecule has 0 N–H and O–H groups in total. The summed E-state index contributed by atoms with van der Waals surface area (Å²) >= 11 is 0. The Morgan fingerprint density at radius 2 is 1.46 bits per heavy atom. The van der Waals surface area contributed by atoms with Crippen molar-refractivity contribution >= 4 is 0 Å². The van der Waals surface area contributed by atoms with Crippen molar-refractivity contribution in [3.05, 3.63) is 130 Å². The fraction of sp³-hybridized carbons (Fsp3) is 0.241. The molecule has 2 bridgehead atoms. The Hall–Kier alpha value is -3.74. The van der Waals surface area contributed by atoms with Crippen molar-refractivity contribution in [1.82, 2.24) is 9.55 Å². The number of nitrogens with zero attached hydrogens (tertiary/aromatic N) is 2. The van der Waals surface area contributed by atoms with E-state index in [0.717, 1.165) is 16.7 Å². The van der Waals surface area contributed by atoms with Crippen LogP contribution in [-0.4, -0.2) is 28.4 Å². The molecule has 0 radical (unpaired) electrons. The van der Waals surface area contributed by atoms with Crippen molar-refractivity contribution < 1.29 is 14.2 Å². The van der Waals surface area contributed by atoms with Crippen molar-refractivity contribution in [2.75, 3.05) is 6.61 Å². The van der Waals surface area contributed by atoms with Crippen LogP contribution in [0.2, 0.25) is 0 Å². The Bertz CT molecular complexity index is 1280. The van der Waals surface area contributed by atoms with Gasteiger partial charge in [0.1, 0.15) is 24.0 Å². The summed E-state index contributed by atoms with van der Waals surface area (Å²) in [4.78, 5) is 16.2. The molecule has 0 amide bonds. The first-order valence-electron chi connectivity index (χ1n) is 11.9. The van der Waals surface area contributed by atoms with E-state index in [-0.39, 0.29) is 24.0 Å². The summed E-state index contributed by atoms with van der Waals surface area (Å²) in [6, 6.07) is 31.1. The molecule has 3 aromatic carbocycles. The van der Waals surface area contributed by atoms with Gasteiger partial charge in [0.25, 0.3) is 5.56 Å². The molecule has 3 heterocycles. The molecule has 0 aliphatic carbocycles. The van der Waals surface area contributed by atoms with E-state index in [1.807, 2.05) is 59.2 Å². The quantitative estimate of drug-likeness (QED) is 0.389. The largest absolute Gasteiger partial charge is 0.458 e. The Morgan fingerprint density at radius 1 is 0.914 bits per heavy atom. The van der Waals surface area contributed by atoms with E-state index in [9.17, 15) is 4.79 Å². The predicted molar refractivity (Wildman–Crippen MR) is 131 cm³/mol. The van der Waals surface area contributed by atoms with Crippen LogP contribution in [0.5, 0.6) is 6.01 Å². The van der Waals surface area contributed by atoms with Gasteiger partial charge in [-0.05, 0) is 23.6 Å². The van der Waals surface area contributed by atoms with Crippen molar-refractivity contribution in [2.24, 2.45) is 0 Å². The second-order valence-electron chi connectivity index (χ2n) is 9.03. The first-order chi connectivity index (χ1) is 17.1. The van der Waals surface area contributed by atoms with Crippen LogP contribution in [0.15, 0.2) is 102 Å². The summed E-state index contributed by atoms with van der Waals surface area (Å²) in [6.07, 6.45) is 1.66. The molecule has 176 valence electrons. The minimum atomic E-state index is -0.832. The third kappa shape index (κ3) is 3.75. The Labute approximate surface area is 203 Å². The summed E-state index contributed by atoms with van der Waals surface area (Å²) in [5.74, 6) is 0. The van der Waals surface area contributed by atoms with E-state index in [4.69, 9.17) is 14.2 Å². The summed E-state index contributed by atoms with van der Waals surface area (Å²) in [6.45, 7) is 2.05. The van der Waals surface area contributed by atoms with Crippen LogP contribution in [-0.2, 0) is 15.1 Å². The molecule has 1 saturated heterocycles. The molecule has 0 saturated carbocycles. The summed E-state index contributed by atoms with van der Waals surface area (Å²) in [5.41, 5.74) is 2.55. The van der Waals surface area contributed by atoms with E-state index < -0.39 is 5.60 Å². The number of hydrogen-bond acceptors (Lipinski definition) is 5. The average Bonchev–Trinajstić information content (AvgIpc) is 3.24. The van der Waals surface area contributed by atoms with Gasteiger partial charge in [0, 0.05) is 18.2 Å². The highest BCUT2D eigenvalue weighted by Crippen LogP contribution is 2.43. The zero-order valence-electron chi connectivity index (χ0n) is 19.4. The number of hydrogen-bond donors (Lipinski definition) is 0. The third-order valence-corrected chi connectivity index (χ3v) is 6.84. The van der Waals surface area contributed by atoms with Gasteiger partial charge in [-0.2, -0.15) is 4.98 Å². The van der Waals surface area contributed by atoms with Gasteiger partial charge >= 0.3 is 6.01 Å². The fourth-order valence-electron chi connectivity index (χ4n) is 5.10. The molecule has 3 atom stereocenters. The molecular weight excluding hydrogens is 440 g/mol. The zero-order valence-corrected chi connectivity index (χ0v) is 19.4. The maximum Gasteiger partial charge on any atom is 0.302 e. The fourth-order valence-corrected chi connectivity index (χ4v) is 5.10. The Balaban J connectivity index is 1.37. The Kier molecular flexibility index (Phi) is 5.47. The second kappa shape index (κ2) is 8.80. The number of ether oxygens (including phenoxy) is 3. The molecule has 0 unspecified atom stereocenters. The van der Waals surface area contributed by atoms with Gasteiger partial charge in [-0.3, -0.25) is 9.36 Å². The van der Waals surface area contributed by atoms with Crippen molar-refractivity contribution in [3.8, 4) is 6.01 Å². The zero-order chi connectivity index (χ0) is 23.8. The van der Waals surface area contributed by atoms with Gasteiger partial charge in [0.2, 0.25) is 0 Å². The molecule has 6 heteroatoms. The lowest BCUT2D eigenvalue weighted by molar-refractivity contribution is -0.0816. The SMILES string of the molecule is Cc1cn2c(nc1=O)O[C@H]1C[C@@H]2O[C@@H]1COC(c1ccccc1)(c1ccccc1)c1ccccc1. The van der Waals surface area contributed by atoms with Gasteiger partial charge in [-0.15, -0.1) is 0 Å². The predicted octanol–water partition coefficient (Wildman–Crippen LogP) is 4.61. The first kappa shape index (κ1) is 21.8. The van der Waals surface area contributed by atoms with E-state index in [0.29, 0.717) is 24.6 Å². The highest BCUT2D eigenvalue weighted by atomic mass is 16.6. The van der Waals surface area contributed by atoms with Crippen LogP contribution in [0.25, 0.3) is 0 Å². The minimum absolute atomic E-state index is 0.233. The van der Waals surface area contributed by atoms with Crippen LogP contribution in [0, 0.1) is 6.92 Å². The van der Waals surface area contributed by atoms with Gasteiger partial charge in [-0.25, -0.2) is 0 Å². The molecule has 1 fully saturated rings. The molecule has 4 aromatic rings. The molecule has 2 aliphatic rings. The second-order valence-corrected chi connectivity index (χ2v) is 9.03. The molecule has 35 heavy (non-hydrogen) atoms. The lowest BCUT2D eigenvalue weighted by atomic mass is 9.80. The molecule has 6 rings (SSSR count). The Morgan fingerprint density at radius 3 is 2.00 bits per heavy atom. The third-order valence-electron chi connectivity index (χ3n) is 6.84. The van der Waals surface area contributed by atoms with Gasteiger partial charge in [-0.1, -0.05) is 91.0 Å². The molecule has 6 nitrogen and oxygen atoms in total. The van der Waals surface area contributed by atoms with Crippen molar-refractivity contribution in [2.45, 2.75) is 37.4 Å². The number of benzene rings is 3. The molecule has 0 spiro atoms. The smallest absolute Gasteiger partial charge is 0.302 e. The normalized spacial score (nSPS) is 20.8. The summed E-state index contributed by atoms with van der Waals surface area (Å²) < 4.78 is 21.2. The van der Waals surface area contributed by atoms with Gasteiger partial charge in [0.15, 0.2) is 0 Å². The van der Waals surface area contributed by atoms with Crippen molar-refractivity contribution in [1.29, 1.82) is 0 Å². The highest BCUT2D eigenvalue weighted by molar-refractivity contribution is 5.47. The standard InChI is InChI=1S/C29H26N2O4/c1-20-18-31-26-17-24(35-28(31)30-27(20)32)25(34-26)19-33-29(21-11-5-2-6-12-21,22-13-7-3-8-14-22)23-15-9-4-10-16-23/h2-16,18,24-26H,17,19H2,1H3/t24-,25+,26-/m0/s1. The summed E-state index contributed by atoms with van der Waals surface area (Å²) in [7, 11) is 0. The van der Waals surface area contributed by atoms with Gasteiger partial charge < -0.3 is 14.2 Å². The van der Waals surface area contributed by atoms with Crippen LogP contribution in [0.3, 0.4) is 0 Å². The number of aromatic nitrogens is 2. The minimum Gasteiger partial charge on any atom is -0.458 e. The lowest BCUT2D eigenvalue weighted by Gasteiger charge is -2.37. The van der Waals surface area contributed by atoms with Crippen LogP contribution in [0.4, 0.5) is 0 Å². The summed E-state index contributed by atoms with van der Waals surface area (Å²) in [5, 5.41) is 0. The van der Waals surface area contributed by atoms with Crippen LogP contribution in [0.1, 0.15) is 34.9 Å². The van der Waals surface area contributed by atoms with Crippen LogP contribution >= 0.6 is 0 Å². The highest BCUT2D eigenvalue weighted by Gasteiger charge is 2.46. The van der Waals surface area contributed by atoms with Crippen LogP contribution < -0.4 is 10.3 Å². The number of fused-ring (bicyclic) bond motifs is 4. The number of aryl methyl sites for hydroxylation is 1. The van der Waals surface area contributed by atoms with E-state index in [1.165, 1.54) is 0 Å².